The Kier molecular flexibility index (Phi) is 6.24. The van der Waals surface area contributed by atoms with E-state index in [4.69, 9.17) is 11.6 Å². The molecule has 2 aromatic heterocycles. The molecule has 1 N–H and O–H groups in total. The molecule has 0 aliphatic rings. The molecule has 3 nitrogen and oxygen atoms in total. The number of anilines is 1. The van der Waals surface area contributed by atoms with E-state index in [1.807, 2.05) is 0 Å². The van der Waals surface area contributed by atoms with Crippen molar-refractivity contribution in [2.75, 3.05) is 11.9 Å². The maximum Gasteiger partial charge on any atom is 0.225 e. The molecule has 0 saturated heterocycles. The number of nitrogens with one attached hydrogen (secondary N) is 1. The second-order valence-corrected chi connectivity index (χ2v) is 6.88. The molecule has 0 spiro atoms. The molecular formula is C16H24ClN3S. The van der Waals surface area contributed by atoms with Gasteiger partial charge in [0.15, 0.2) is 0 Å². The van der Waals surface area contributed by atoms with Crippen LogP contribution in [0.1, 0.15) is 51.3 Å². The van der Waals surface area contributed by atoms with Crippen molar-refractivity contribution in [2.45, 2.75) is 52.9 Å². The van der Waals surface area contributed by atoms with Gasteiger partial charge >= 0.3 is 0 Å². The summed E-state index contributed by atoms with van der Waals surface area (Å²) in [5, 5.41) is 4.93. The van der Waals surface area contributed by atoms with Crippen LogP contribution >= 0.6 is 22.9 Å². The molecule has 2 heterocycles. The average molecular weight is 326 g/mol. The number of hydrogen-bond donors (Lipinski definition) is 1. The summed E-state index contributed by atoms with van der Waals surface area (Å²) in [6.45, 7) is 7.61. The Morgan fingerprint density at radius 2 is 2.10 bits per heavy atom. The van der Waals surface area contributed by atoms with Gasteiger partial charge in [0.25, 0.3) is 0 Å². The third-order valence-electron chi connectivity index (χ3n) is 3.87. The van der Waals surface area contributed by atoms with E-state index in [-0.39, 0.29) is 0 Å². The number of halogens is 1. The van der Waals surface area contributed by atoms with E-state index >= 15 is 0 Å². The lowest BCUT2D eigenvalue weighted by atomic mass is 9.99. The third-order valence-corrected chi connectivity index (χ3v) is 5.21. The molecular weight excluding hydrogens is 302 g/mol. The molecule has 2 aromatic rings. The van der Waals surface area contributed by atoms with Crippen molar-refractivity contribution in [3.8, 4) is 0 Å². The summed E-state index contributed by atoms with van der Waals surface area (Å²) < 4.78 is 0. The zero-order chi connectivity index (χ0) is 15.2. The molecule has 5 heteroatoms. The third kappa shape index (κ3) is 4.30. The van der Waals surface area contributed by atoms with E-state index in [2.05, 4.69) is 42.1 Å². The first kappa shape index (κ1) is 16.5. The van der Waals surface area contributed by atoms with Crippen LogP contribution in [0.2, 0.25) is 5.28 Å². The quantitative estimate of drug-likeness (QED) is 0.648. The Balaban J connectivity index is 2.15. The van der Waals surface area contributed by atoms with Crippen LogP contribution in [-0.4, -0.2) is 16.5 Å². The van der Waals surface area contributed by atoms with Gasteiger partial charge in [-0.2, -0.15) is 0 Å². The van der Waals surface area contributed by atoms with Crippen molar-refractivity contribution in [3.63, 3.8) is 0 Å². The highest BCUT2D eigenvalue weighted by atomic mass is 35.5. The van der Waals surface area contributed by atoms with Crippen molar-refractivity contribution in [1.82, 2.24) is 9.97 Å². The van der Waals surface area contributed by atoms with E-state index in [1.54, 1.807) is 11.3 Å². The van der Waals surface area contributed by atoms with Crippen LogP contribution in [-0.2, 0) is 6.42 Å². The minimum absolute atomic E-state index is 0.330. The Hall–Kier alpha value is -0.870. The summed E-state index contributed by atoms with van der Waals surface area (Å²) in [6.07, 6.45) is 6.03. The average Bonchev–Trinajstić information content (AvgIpc) is 2.90. The lowest BCUT2D eigenvalue weighted by Gasteiger charge is -2.16. The van der Waals surface area contributed by atoms with E-state index < -0.39 is 0 Å². The normalized spacial score (nSPS) is 12.8. The van der Waals surface area contributed by atoms with E-state index in [9.17, 15) is 0 Å². The van der Waals surface area contributed by atoms with Gasteiger partial charge in [0.05, 0.1) is 5.39 Å². The summed E-state index contributed by atoms with van der Waals surface area (Å²) in [4.78, 5) is 11.0. The predicted molar refractivity (Wildman–Crippen MR) is 93.6 cm³/mol. The fourth-order valence-corrected chi connectivity index (χ4v) is 3.62. The second-order valence-electron chi connectivity index (χ2n) is 5.42. The lowest BCUT2D eigenvalue weighted by molar-refractivity contribution is 0.472. The van der Waals surface area contributed by atoms with Crippen LogP contribution in [0.15, 0.2) is 6.07 Å². The molecule has 116 valence electrons. The SMILES string of the molecule is CCCCC(CC)CNc1nc(Cl)nc2sc(CC)cc12. The predicted octanol–water partition coefficient (Wildman–Crippen LogP) is 5.54. The molecule has 2 rings (SSSR count). The summed E-state index contributed by atoms with van der Waals surface area (Å²) in [7, 11) is 0. The first-order valence-electron chi connectivity index (χ1n) is 7.87. The molecule has 0 amide bonds. The standard InChI is InChI=1S/C16H24ClN3S/c1-4-7-8-11(5-2)10-18-14-13-9-12(6-3)21-15(13)20-16(17)19-14/h9,11H,4-8,10H2,1-3H3,(H,18,19,20). The van der Waals surface area contributed by atoms with Crippen molar-refractivity contribution in [2.24, 2.45) is 5.92 Å². The van der Waals surface area contributed by atoms with Crippen LogP contribution in [0.4, 0.5) is 5.82 Å². The fourth-order valence-electron chi connectivity index (χ4n) is 2.44. The highest BCUT2D eigenvalue weighted by molar-refractivity contribution is 7.18. The summed E-state index contributed by atoms with van der Waals surface area (Å²) in [6, 6.07) is 2.19. The molecule has 1 unspecified atom stereocenters. The van der Waals surface area contributed by atoms with Gasteiger partial charge in [-0.3, -0.25) is 0 Å². The van der Waals surface area contributed by atoms with Gasteiger partial charge in [0, 0.05) is 11.4 Å². The number of hydrogen-bond acceptors (Lipinski definition) is 4. The number of nitrogens with zero attached hydrogens (tertiary/aromatic N) is 2. The van der Waals surface area contributed by atoms with Crippen molar-refractivity contribution in [1.29, 1.82) is 0 Å². The topological polar surface area (TPSA) is 37.8 Å². The van der Waals surface area contributed by atoms with Crippen LogP contribution in [0.5, 0.6) is 0 Å². The maximum atomic E-state index is 6.05. The van der Waals surface area contributed by atoms with Crippen LogP contribution in [0.3, 0.4) is 0 Å². The molecule has 0 aliphatic heterocycles. The molecule has 0 aromatic carbocycles. The number of rotatable bonds is 8. The van der Waals surface area contributed by atoms with Crippen LogP contribution in [0.25, 0.3) is 10.2 Å². The van der Waals surface area contributed by atoms with E-state index in [1.165, 1.54) is 30.6 Å². The number of aryl methyl sites for hydroxylation is 1. The highest BCUT2D eigenvalue weighted by Gasteiger charge is 2.12. The molecule has 1 atom stereocenters. The van der Waals surface area contributed by atoms with Gasteiger partial charge in [-0.15, -0.1) is 11.3 Å². The van der Waals surface area contributed by atoms with Gasteiger partial charge in [0.2, 0.25) is 5.28 Å². The van der Waals surface area contributed by atoms with Crippen molar-refractivity contribution >= 4 is 39.0 Å². The monoisotopic (exact) mass is 325 g/mol. The zero-order valence-corrected chi connectivity index (χ0v) is 14.7. The molecule has 21 heavy (non-hydrogen) atoms. The minimum atomic E-state index is 0.330. The molecule has 0 aliphatic carbocycles. The molecule has 0 bridgehead atoms. The number of thiophene rings is 1. The Morgan fingerprint density at radius 1 is 1.29 bits per heavy atom. The number of unbranched alkanes of at least 4 members (excludes halogenated alkanes) is 1. The molecule has 0 fully saturated rings. The smallest absolute Gasteiger partial charge is 0.225 e. The minimum Gasteiger partial charge on any atom is -0.369 e. The second kappa shape index (κ2) is 7.95. The summed E-state index contributed by atoms with van der Waals surface area (Å²) >= 11 is 7.76. The van der Waals surface area contributed by atoms with Crippen molar-refractivity contribution < 1.29 is 0 Å². The lowest BCUT2D eigenvalue weighted by Crippen LogP contribution is -2.14. The van der Waals surface area contributed by atoms with E-state index in [0.29, 0.717) is 11.2 Å². The molecule has 0 radical (unpaired) electrons. The van der Waals surface area contributed by atoms with Crippen molar-refractivity contribution in [3.05, 3.63) is 16.2 Å². The van der Waals surface area contributed by atoms with Gasteiger partial charge in [-0.05, 0) is 36.4 Å². The summed E-state index contributed by atoms with van der Waals surface area (Å²) in [5.74, 6) is 1.58. The summed E-state index contributed by atoms with van der Waals surface area (Å²) in [5.41, 5.74) is 0. The Labute approximate surface area is 136 Å². The number of aromatic nitrogens is 2. The van der Waals surface area contributed by atoms with Gasteiger partial charge in [-0.25, -0.2) is 9.97 Å². The Morgan fingerprint density at radius 3 is 2.76 bits per heavy atom. The molecule has 0 saturated carbocycles. The van der Waals surface area contributed by atoms with Crippen LogP contribution in [0, 0.1) is 5.92 Å². The van der Waals surface area contributed by atoms with E-state index in [0.717, 1.165) is 29.0 Å². The first-order chi connectivity index (χ1) is 10.2. The maximum absolute atomic E-state index is 6.05. The Bertz CT molecular complexity index is 582. The zero-order valence-electron chi connectivity index (χ0n) is 13.1. The first-order valence-corrected chi connectivity index (χ1v) is 9.07. The van der Waals surface area contributed by atoms with Gasteiger partial charge in [-0.1, -0.05) is 40.0 Å². The largest absolute Gasteiger partial charge is 0.369 e. The number of fused-ring (bicyclic) bond motifs is 1. The highest BCUT2D eigenvalue weighted by Crippen LogP contribution is 2.30. The van der Waals surface area contributed by atoms with Gasteiger partial charge in [0.1, 0.15) is 10.6 Å². The fraction of sp³-hybridized carbons (Fsp3) is 0.625. The van der Waals surface area contributed by atoms with Crippen LogP contribution < -0.4 is 5.32 Å². The van der Waals surface area contributed by atoms with Gasteiger partial charge < -0.3 is 5.32 Å².